The number of amides is 1. The van der Waals surface area contributed by atoms with Crippen LogP contribution in [0.5, 0.6) is 5.75 Å². The van der Waals surface area contributed by atoms with Gasteiger partial charge in [-0.2, -0.15) is 11.8 Å². The number of ether oxygens (including phenoxy) is 2. The molecule has 0 saturated heterocycles. The first kappa shape index (κ1) is 19.1. The van der Waals surface area contributed by atoms with Gasteiger partial charge < -0.3 is 14.8 Å². The predicted octanol–water partition coefficient (Wildman–Crippen LogP) is 2.51. The Hall–Kier alpha value is -1.95. The summed E-state index contributed by atoms with van der Waals surface area (Å²) in [6, 6.07) is 6.82. The normalized spacial score (nSPS) is 12.0. The molecule has 0 aromatic heterocycles. The third kappa shape index (κ3) is 6.78. The van der Waals surface area contributed by atoms with Gasteiger partial charge in [0.15, 0.2) is 0 Å². The largest absolute Gasteiger partial charge is 0.493 e. The zero-order valence-corrected chi connectivity index (χ0v) is 14.5. The van der Waals surface area contributed by atoms with Gasteiger partial charge in [0.25, 0.3) is 0 Å². The number of benzene rings is 1. The van der Waals surface area contributed by atoms with Crippen molar-refractivity contribution in [2.75, 3.05) is 25.7 Å². The molecule has 1 atom stereocenters. The molecule has 0 spiro atoms. The molecule has 0 fully saturated rings. The molecule has 0 aliphatic carbocycles. The topological polar surface area (TPSA) is 64.6 Å². The fourth-order valence-electron chi connectivity index (χ4n) is 1.92. The molecular weight excluding hydrogens is 314 g/mol. The molecule has 0 heterocycles. The molecule has 1 aromatic rings. The Kier molecular flexibility index (Phi) is 8.90. The number of esters is 1. The number of hydrogen-bond donors (Lipinski definition) is 1. The molecule has 1 rings (SSSR count). The van der Waals surface area contributed by atoms with Crippen molar-refractivity contribution in [1.82, 2.24) is 5.32 Å². The van der Waals surface area contributed by atoms with Crippen LogP contribution >= 0.6 is 11.8 Å². The molecule has 0 aliphatic rings. The standard InChI is InChI=1S/C17H23NO4S/c1-4-22-15-8-6-5-7-13(15)9-10-16(19)18-14(11-12-23-3)17(20)21-2/h5-10,14H,4,11-12H2,1-3H3,(H,18,19)/b10-9+/t14-/m0/s1. The van der Waals surface area contributed by atoms with Crippen LogP contribution < -0.4 is 10.1 Å². The Morgan fingerprint density at radius 2 is 2.09 bits per heavy atom. The van der Waals surface area contributed by atoms with Crippen LogP contribution in [0.15, 0.2) is 30.3 Å². The van der Waals surface area contributed by atoms with Crippen molar-refractivity contribution in [3.8, 4) is 5.75 Å². The van der Waals surface area contributed by atoms with Gasteiger partial charge in [-0.25, -0.2) is 4.79 Å². The third-order valence-electron chi connectivity index (χ3n) is 3.05. The summed E-state index contributed by atoms with van der Waals surface area (Å²) < 4.78 is 10.2. The fourth-order valence-corrected chi connectivity index (χ4v) is 2.39. The molecule has 23 heavy (non-hydrogen) atoms. The number of thioether (sulfide) groups is 1. The van der Waals surface area contributed by atoms with Crippen molar-refractivity contribution < 1.29 is 19.1 Å². The molecule has 6 heteroatoms. The minimum absolute atomic E-state index is 0.340. The Bertz CT molecular complexity index is 545. The Labute approximate surface area is 141 Å². The molecule has 0 unspecified atom stereocenters. The monoisotopic (exact) mass is 337 g/mol. The molecule has 0 saturated carbocycles. The number of carbonyl (C=O) groups excluding carboxylic acids is 2. The van der Waals surface area contributed by atoms with E-state index in [1.807, 2.05) is 37.4 Å². The maximum Gasteiger partial charge on any atom is 0.328 e. The van der Waals surface area contributed by atoms with Gasteiger partial charge in [0.05, 0.1) is 13.7 Å². The molecule has 0 bridgehead atoms. The summed E-state index contributed by atoms with van der Waals surface area (Å²) in [6.45, 7) is 2.45. The van der Waals surface area contributed by atoms with E-state index in [0.717, 1.165) is 11.3 Å². The van der Waals surface area contributed by atoms with E-state index in [2.05, 4.69) is 5.32 Å². The first-order valence-electron chi connectivity index (χ1n) is 7.39. The SMILES string of the molecule is CCOc1ccccc1/C=C/C(=O)N[C@@H](CCSC)C(=O)OC. The lowest BCUT2D eigenvalue weighted by Crippen LogP contribution is -2.41. The van der Waals surface area contributed by atoms with Gasteiger partial charge in [0, 0.05) is 11.6 Å². The second kappa shape index (κ2) is 10.7. The van der Waals surface area contributed by atoms with E-state index in [1.54, 1.807) is 17.8 Å². The molecular formula is C17H23NO4S. The number of nitrogens with one attached hydrogen (secondary N) is 1. The van der Waals surface area contributed by atoms with E-state index in [1.165, 1.54) is 13.2 Å². The van der Waals surface area contributed by atoms with Crippen LogP contribution in [0.1, 0.15) is 18.9 Å². The van der Waals surface area contributed by atoms with E-state index in [-0.39, 0.29) is 5.91 Å². The Morgan fingerprint density at radius 1 is 1.35 bits per heavy atom. The minimum atomic E-state index is -0.633. The number of hydrogen-bond acceptors (Lipinski definition) is 5. The van der Waals surface area contributed by atoms with Gasteiger partial charge in [0.1, 0.15) is 11.8 Å². The van der Waals surface area contributed by atoms with Crippen LogP contribution in [-0.2, 0) is 14.3 Å². The van der Waals surface area contributed by atoms with Crippen LogP contribution in [0.25, 0.3) is 6.08 Å². The summed E-state index contributed by atoms with van der Waals surface area (Å²) in [5.74, 6) is 0.700. The highest BCUT2D eigenvalue weighted by Crippen LogP contribution is 2.19. The van der Waals surface area contributed by atoms with Crippen molar-refractivity contribution in [3.05, 3.63) is 35.9 Å². The average Bonchev–Trinajstić information content (AvgIpc) is 2.57. The second-order valence-corrected chi connectivity index (χ2v) is 5.66. The first-order valence-corrected chi connectivity index (χ1v) is 8.78. The maximum absolute atomic E-state index is 12.0. The summed E-state index contributed by atoms with van der Waals surface area (Å²) in [5.41, 5.74) is 0.809. The number of methoxy groups -OCH3 is 1. The lowest BCUT2D eigenvalue weighted by atomic mass is 10.2. The van der Waals surface area contributed by atoms with Gasteiger partial charge in [-0.3, -0.25) is 4.79 Å². The lowest BCUT2D eigenvalue weighted by Gasteiger charge is -2.14. The summed E-state index contributed by atoms with van der Waals surface area (Å²) >= 11 is 1.61. The average molecular weight is 337 g/mol. The zero-order valence-electron chi connectivity index (χ0n) is 13.7. The summed E-state index contributed by atoms with van der Waals surface area (Å²) in [4.78, 5) is 23.7. The quantitative estimate of drug-likeness (QED) is 0.554. The molecule has 1 N–H and O–H groups in total. The second-order valence-electron chi connectivity index (χ2n) is 4.67. The van der Waals surface area contributed by atoms with Gasteiger partial charge in [-0.05, 0) is 37.5 Å². The summed E-state index contributed by atoms with van der Waals surface area (Å²) in [7, 11) is 1.31. The first-order chi connectivity index (χ1) is 11.1. The van der Waals surface area contributed by atoms with Crippen LogP contribution in [0, 0.1) is 0 Å². The van der Waals surface area contributed by atoms with Gasteiger partial charge >= 0.3 is 5.97 Å². The van der Waals surface area contributed by atoms with Gasteiger partial charge in [0.2, 0.25) is 5.91 Å². The van der Waals surface area contributed by atoms with Gasteiger partial charge in [-0.1, -0.05) is 18.2 Å². The van der Waals surface area contributed by atoms with E-state index in [0.29, 0.717) is 18.8 Å². The highest BCUT2D eigenvalue weighted by atomic mass is 32.2. The van der Waals surface area contributed by atoms with Crippen LogP contribution in [0.4, 0.5) is 0 Å². The maximum atomic E-state index is 12.0. The number of carbonyl (C=O) groups is 2. The smallest absolute Gasteiger partial charge is 0.328 e. The third-order valence-corrected chi connectivity index (χ3v) is 3.69. The van der Waals surface area contributed by atoms with E-state index in [9.17, 15) is 9.59 Å². The molecule has 0 aliphatic heterocycles. The molecule has 0 radical (unpaired) electrons. The highest BCUT2D eigenvalue weighted by Gasteiger charge is 2.19. The van der Waals surface area contributed by atoms with E-state index < -0.39 is 12.0 Å². The van der Waals surface area contributed by atoms with Gasteiger partial charge in [-0.15, -0.1) is 0 Å². The fraction of sp³-hybridized carbons (Fsp3) is 0.412. The predicted molar refractivity (Wildman–Crippen MR) is 93.6 cm³/mol. The van der Waals surface area contributed by atoms with Crippen molar-refractivity contribution >= 4 is 29.7 Å². The summed E-state index contributed by atoms with van der Waals surface area (Å²) in [6.07, 6.45) is 5.54. The van der Waals surface area contributed by atoms with Crippen molar-refractivity contribution in [2.45, 2.75) is 19.4 Å². The van der Waals surface area contributed by atoms with Crippen molar-refractivity contribution in [2.24, 2.45) is 0 Å². The zero-order chi connectivity index (χ0) is 17.1. The van der Waals surface area contributed by atoms with Crippen LogP contribution in [-0.4, -0.2) is 43.6 Å². The lowest BCUT2D eigenvalue weighted by molar-refractivity contribution is -0.144. The number of rotatable bonds is 9. The molecule has 126 valence electrons. The van der Waals surface area contributed by atoms with Crippen molar-refractivity contribution in [1.29, 1.82) is 0 Å². The van der Waals surface area contributed by atoms with E-state index >= 15 is 0 Å². The van der Waals surface area contributed by atoms with Crippen molar-refractivity contribution in [3.63, 3.8) is 0 Å². The van der Waals surface area contributed by atoms with Crippen LogP contribution in [0.3, 0.4) is 0 Å². The van der Waals surface area contributed by atoms with Crippen LogP contribution in [0.2, 0.25) is 0 Å². The Morgan fingerprint density at radius 3 is 2.74 bits per heavy atom. The van der Waals surface area contributed by atoms with E-state index in [4.69, 9.17) is 9.47 Å². The Balaban J connectivity index is 2.71. The summed E-state index contributed by atoms with van der Waals surface area (Å²) in [5, 5.41) is 2.67. The molecule has 1 amide bonds. The number of para-hydroxylation sites is 1. The molecule has 1 aromatic carbocycles. The molecule has 5 nitrogen and oxygen atoms in total. The minimum Gasteiger partial charge on any atom is -0.493 e. The highest BCUT2D eigenvalue weighted by molar-refractivity contribution is 7.98.